The van der Waals surface area contributed by atoms with Crippen LogP contribution in [-0.2, 0) is 15.1 Å². The van der Waals surface area contributed by atoms with E-state index in [2.05, 4.69) is 15.0 Å². The Labute approximate surface area is 202 Å². The van der Waals surface area contributed by atoms with E-state index >= 15 is 0 Å². The van der Waals surface area contributed by atoms with E-state index in [4.69, 9.17) is 16.3 Å². The van der Waals surface area contributed by atoms with Gasteiger partial charge in [0.05, 0.1) is 23.0 Å². The Kier molecular flexibility index (Phi) is 5.71. The summed E-state index contributed by atoms with van der Waals surface area (Å²) in [4.78, 5) is 30.4. The zero-order valence-electron chi connectivity index (χ0n) is 18.3. The second-order valence-corrected chi connectivity index (χ2v) is 9.75. The molecule has 1 aromatic carbocycles. The fraction of sp³-hybridized carbons (Fsp3) is 0.500. The zero-order valence-corrected chi connectivity index (χ0v) is 19.0. The van der Waals surface area contributed by atoms with E-state index in [1.54, 1.807) is 6.20 Å². The topological polar surface area (TPSA) is 85.7 Å². The average Bonchev–Trinajstić information content (AvgIpc) is 3.39. The van der Waals surface area contributed by atoms with Gasteiger partial charge in [0.25, 0.3) is 11.8 Å². The molecule has 13 heteroatoms. The highest BCUT2D eigenvalue weighted by Crippen LogP contribution is 2.65. The van der Waals surface area contributed by atoms with E-state index in [-0.39, 0.29) is 59.6 Å². The molecule has 8 nitrogen and oxygen atoms in total. The van der Waals surface area contributed by atoms with Gasteiger partial charge in [0.1, 0.15) is 17.3 Å². The molecule has 3 saturated carbocycles. The van der Waals surface area contributed by atoms with Gasteiger partial charge in [-0.1, -0.05) is 11.6 Å². The number of ether oxygens (including phenoxy) is 2. The van der Waals surface area contributed by atoms with Crippen molar-refractivity contribution >= 4 is 23.4 Å². The van der Waals surface area contributed by atoms with E-state index < -0.39 is 24.2 Å². The van der Waals surface area contributed by atoms with Crippen LogP contribution in [0.2, 0.25) is 5.02 Å². The van der Waals surface area contributed by atoms with Crippen molar-refractivity contribution in [2.24, 2.45) is 0 Å². The Morgan fingerprint density at radius 3 is 2.69 bits per heavy atom. The first-order valence-electron chi connectivity index (χ1n) is 10.9. The van der Waals surface area contributed by atoms with E-state index in [0.717, 1.165) is 6.07 Å². The minimum absolute atomic E-state index is 0.0366. The second kappa shape index (κ2) is 8.37. The molecule has 6 rings (SSSR count). The Morgan fingerprint density at radius 2 is 2.00 bits per heavy atom. The molecule has 4 aliphatic rings. The maximum Gasteiger partial charge on any atom is 0.522 e. The molecule has 2 heterocycles. The number of hydrogen-bond donors (Lipinski definition) is 1. The predicted octanol–water partition coefficient (Wildman–Crippen LogP) is 3.25. The third-order valence-corrected chi connectivity index (χ3v) is 7.06. The van der Waals surface area contributed by atoms with E-state index in [0.29, 0.717) is 19.3 Å². The fourth-order valence-corrected chi connectivity index (χ4v) is 5.36. The summed E-state index contributed by atoms with van der Waals surface area (Å²) in [5, 5.41) is 2.91. The molecule has 1 saturated heterocycles. The Morgan fingerprint density at radius 1 is 1.26 bits per heavy atom. The summed E-state index contributed by atoms with van der Waals surface area (Å²) in [6.45, 7) is -0.248. The van der Waals surface area contributed by atoms with Gasteiger partial charge in [-0.3, -0.25) is 14.3 Å². The minimum Gasteiger partial charge on any atom is -0.484 e. The normalized spacial score (nSPS) is 27.2. The molecule has 1 aliphatic heterocycles. The maximum atomic E-state index is 13.5. The van der Waals surface area contributed by atoms with Crippen molar-refractivity contribution in [3.8, 4) is 5.75 Å². The summed E-state index contributed by atoms with van der Waals surface area (Å²) in [6, 6.07) is 3.92. The number of rotatable bonds is 7. The molecular weight excluding hydrogens is 496 g/mol. The van der Waals surface area contributed by atoms with Crippen LogP contribution >= 0.6 is 11.6 Å². The van der Waals surface area contributed by atoms with Gasteiger partial charge in [-0.15, -0.1) is 13.2 Å². The maximum absolute atomic E-state index is 13.5. The highest BCUT2D eigenvalue weighted by molar-refractivity contribution is 6.30. The molecule has 4 fully saturated rings. The number of nitrogens with one attached hydrogen (secondary N) is 1. The van der Waals surface area contributed by atoms with Gasteiger partial charge in [-0.25, -0.2) is 9.37 Å². The highest BCUT2D eigenvalue weighted by atomic mass is 35.5. The van der Waals surface area contributed by atoms with Crippen LogP contribution in [0.3, 0.4) is 0 Å². The number of nitrogens with zero attached hydrogens (tertiary/aromatic N) is 3. The lowest BCUT2D eigenvalue weighted by atomic mass is 9.44. The largest absolute Gasteiger partial charge is 0.522 e. The number of carbonyl (C=O) groups is 2. The third-order valence-electron chi connectivity index (χ3n) is 6.75. The molecule has 2 amide bonds. The van der Waals surface area contributed by atoms with Crippen LogP contribution in [0.5, 0.6) is 5.75 Å². The summed E-state index contributed by atoms with van der Waals surface area (Å²) < 4.78 is 61.9. The van der Waals surface area contributed by atoms with Crippen molar-refractivity contribution in [1.29, 1.82) is 0 Å². The molecule has 0 spiro atoms. The number of carbonyl (C=O) groups excluding carboxylic acids is 2. The van der Waals surface area contributed by atoms with Gasteiger partial charge < -0.3 is 19.5 Å². The fourth-order valence-electron chi connectivity index (χ4n) is 5.24. The lowest BCUT2D eigenvalue weighted by Crippen LogP contribution is -2.78. The first kappa shape index (κ1) is 23.9. The molecule has 2 bridgehead atoms. The quantitative estimate of drug-likeness (QED) is 0.571. The molecule has 35 heavy (non-hydrogen) atoms. The average molecular weight is 517 g/mol. The van der Waals surface area contributed by atoms with Crippen molar-refractivity contribution in [1.82, 2.24) is 19.8 Å². The number of imidazole rings is 1. The van der Waals surface area contributed by atoms with E-state index in [1.165, 1.54) is 23.4 Å². The predicted molar refractivity (Wildman–Crippen MR) is 113 cm³/mol. The first-order valence-corrected chi connectivity index (χ1v) is 11.3. The highest BCUT2D eigenvalue weighted by Gasteiger charge is 2.69. The lowest BCUT2D eigenvalue weighted by Gasteiger charge is -2.70. The number of alkyl halides is 3. The number of halogens is 5. The van der Waals surface area contributed by atoms with Crippen LogP contribution < -0.4 is 10.1 Å². The molecule has 0 unspecified atom stereocenters. The Bertz CT molecular complexity index is 1150. The van der Waals surface area contributed by atoms with Crippen LogP contribution in [0.25, 0.3) is 0 Å². The number of aromatic nitrogens is 2. The summed E-state index contributed by atoms with van der Waals surface area (Å²) in [5.41, 5.74) is -0.465. The SMILES string of the molecule is O=C(COc1ccc(Cl)c(F)c1)NC12CC(n3cnc(C(=O)N4CC[C@H](OC(F)(F)F)C4)c3)(C1)C2. The van der Waals surface area contributed by atoms with E-state index in [9.17, 15) is 27.2 Å². The van der Waals surface area contributed by atoms with Gasteiger partial charge in [0.15, 0.2) is 6.61 Å². The van der Waals surface area contributed by atoms with E-state index in [1.807, 2.05) is 4.57 Å². The molecule has 1 atom stereocenters. The number of benzene rings is 1. The Hall–Kier alpha value is -2.86. The van der Waals surface area contributed by atoms with Crippen molar-refractivity contribution in [3.05, 3.63) is 47.3 Å². The molecule has 188 valence electrons. The number of amides is 2. The zero-order chi connectivity index (χ0) is 25.0. The van der Waals surface area contributed by atoms with Gasteiger partial charge in [0, 0.05) is 30.9 Å². The van der Waals surface area contributed by atoms with Crippen LogP contribution in [0.15, 0.2) is 30.7 Å². The second-order valence-electron chi connectivity index (χ2n) is 9.34. The summed E-state index contributed by atoms with van der Waals surface area (Å²) >= 11 is 5.62. The summed E-state index contributed by atoms with van der Waals surface area (Å²) in [5.74, 6) is -1.22. The van der Waals surface area contributed by atoms with Crippen LogP contribution in [0, 0.1) is 5.82 Å². The van der Waals surface area contributed by atoms with Crippen LogP contribution in [0.4, 0.5) is 17.6 Å². The lowest BCUT2D eigenvalue weighted by molar-refractivity contribution is -0.340. The smallest absolute Gasteiger partial charge is 0.484 e. The van der Waals surface area contributed by atoms with Gasteiger partial charge in [-0.2, -0.15) is 0 Å². The molecular formula is C22H21ClF4N4O4. The monoisotopic (exact) mass is 516 g/mol. The van der Waals surface area contributed by atoms with Crippen LogP contribution in [-0.4, -0.2) is 64.0 Å². The number of hydrogen-bond acceptors (Lipinski definition) is 5. The van der Waals surface area contributed by atoms with Crippen molar-refractivity contribution < 1.29 is 36.6 Å². The van der Waals surface area contributed by atoms with Gasteiger partial charge >= 0.3 is 6.36 Å². The molecule has 0 radical (unpaired) electrons. The standard InChI is InChI=1S/C22H21ClF4N4O4/c23-15-2-1-13(5-16(15)24)34-8-18(32)29-20-9-21(10-20,11-20)31-7-17(28-12-31)19(33)30-4-3-14(6-30)35-22(25,26)27/h1-2,5,7,12,14H,3-4,6,8-11H2,(H,29,32)/t14-,20?,21?/m0/s1. The summed E-state index contributed by atoms with van der Waals surface area (Å²) in [7, 11) is 0. The van der Waals surface area contributed by atoms with Crippen molar-refractivity contribution in [2.45, 2.75) is 49.2 Å². The van der Waals surface area contributed by atoms with Gasteiger partial charge in [-0.05, 0) is 37.8 Å². The third kappa shape index (κ3) is 4.68. The minimum atomic E-state index is -4.74. The van der Waals surface area contributed by atoms with Crippen molar-refractivity contribution in [3.63, 3.8) is 0 Å². The Balaban J connectivity index is 1.10. The first-order chi connectivity index (χ1) is 16.5. The molecule has 3 aliphatic carbocycles. The van der Waals surface area contributed by atoms with Crippen molar-refractivity contribution in [2.75, 3.05) is 19.7 Å². The molecule has 1 N–H and O–H groups in total. The summed E-state index contributed by atoms with van der Waals surface area (Å²) in [6.07, 6.45) is -0.622. The van der Waals surface area contributed by atoms with Crippen LogP contribution in [0.1, 0.15) is 36.2 Å². The number of likely N-dealkylation sites (tertiary alicyclic amines) is 1. The van der Waals surface area contributed by atoms with Gasteiger partial charge in [0.2, 0.25) is 0 Å². The molecule has 2 aromatic rings. The molecule has 1 aromatic heterocycles.